The number of rotatable bonds is 2. The Labute approximate surface area is 90.1 Å². The minimum atomic E-state index is 0.465. The molecule has 2 rings (SSSR count). The topological polar surface area (TPSA) is 30.2 Å². The van der Waals surface area contributed by atoms with E-state index in [4.69, 9.17) is 0 Å². The van der Waals surface area contributed by atoms with Crippen molar-refractivity contribution in [1.29, 1.82) is 0 Å². The van der Waals surface area contributed by atoms with E-state index in [2.05, 4.69) is 49.9 Å². The molecule has 2 heterocycles. The van der Waals surface area contributed by atoms with E-state index in [9.17, 15) is 0 Å². The van der Waals surface area contributed by atoms with Gasteiger partial charge in [-0.1, -0.05) is 27.7 Å². The maximum atomic E-state index is 4.47. The molecule has 0 saturated heterocycles. The van der Waals surface area contributed by atoms with Gasteiger partial charge in [-0.25, -0.2) is 9.50 Å². The van der Waals surface area contributed by atoms with Crippen LogP contribution in [-0.4, -0.2) is 14.6 Å². The van der Waals surface area contributed by atoms with Crippen LogP contribution in [0.5, 0.6) is 0 Å². The summed E-state index contributed by atoms with van der Waals surface area (Å²) >= 11 is 0. The van der Waals surface area contributed by atoms with Crippen molar-refractivity contribution >= 4 is 5.52 Å². The zero-order chi connectivity index (χ0) is 11.0. The molecule has 0 amide bonds. The van der Waals surface area contributed by atoms with Crippen molar-refractivity contribution < 1.29 is 0 Å². The van der Waals surface area contributed by atoms with Crippen LogP contribution in [-0.2, 0) is 0 Å². The molecule has 0 saturated carbocycles. The van der Waals surface area contributed by atoms with Crippen LogP contribution in [0, 0.1) is 0 Å². The van der Waals surface area contributed by atoms with Gasteiger partial charge in [0.25, 0.3) is 0 Å². The number of hydrogen-bond acceptors (Lipinski definition) is 2. The van der Waals surface area contributed by atoms with Crippen molar-refractivity contribution in [3.05, 3.63) is 29.8 Å². The van der Waals surface area contributed by atoms with Crippen molar-refractivity contribution in [1.82, 2.24) is 14.6 Å². The number of aromatic nitrogens is 3. The lowest BCUT2D eigenvalue weighted by Crippen LogP contribution is -1.96. The molecule has 0 atom stereocenters. The molecular formula is C12H17N3. The maximum absolute atomic E-state index is 4.47. The largest absolute Gasteiger partial charge is 0.241 e. The summed E-state index contributed by atoms with van der Waals surface area (Å²) in [7, 11) is 0. The lowest BCUT2D eigenvalue weighted by atomic mass is 10.1. The van der Waals surface area contributed by atoms with E-state index in [1.54, 1.807) is 6.33 Å². The quantitative estimate of drug-likeness (QED) is 0.751. The molecule has 0 aliphatic heterocycles. The summed E-state index contributed by atoms with van der Waals surface area (Å²) in [5.41, 5.74) is 3.38. The Bertz CT molecular complexity index is 463. The molecule has 0 fully saturated rings. The van der Waals surface area contributed by atoms with Gasteiger partial charge in [-0.3, -0.25) is 0 Å². The van der Waals surface area contributed by atoms with E-state index >= 15 is 0 Å². The molecule has 0 aliphatic carbocycles. The second-order valence-electron chi connectivity index (χ2n) is 4.56. The molecule has 0 bridgehead atoms. The molecular weight excluding hydrogens is 186 g/mol. The van der Waals surface area contributed by atoms with Gasteiger partial charge in [0.2, 0.25) is 0 Å². The first-order valence-corrected chi connectivity index (χ1v) is 5.43. The SMILES string of the molecule is CC(C)c1cc2cc(C(C)C)nn2cn1. The van der Waals surface area contributed by atoms with Crippen molar-refractivity contribution in [2.24, 2.45) is 0 Å². The predicted octanol–water partition coefficient (Wildman–Crippen LogP) is 2.98. The summed E-state index contributed by atoms with van der Waals surface area (Å²) in [6.07, 6.45) is 1.80. The van der Waals surface area contributed by atoms with Gasteiger partial charge in [0, 0.05) is 5.69 Å². The van der Waals surface area contributed by atoms with Crippen molar-refractivity contribution in [3.63, 3.8) is 0 Å². The lowest BCUT2D eigenvalue weighted by molar-refractivity contribution is 0.765. The first kappa shape index (κ1) is 10.1. The highest BCUT2D eigenvalue weighted by molar-refractivity contribution is 5.48. The smallest absolute Gasteiger partial charge is 0.117 e. The van der Waals surface area contributed by atoms with Crippen LogP contribution >= 0.6 is 0 Å². The van der Waals surface area contributed by atoms with E-state index < -0.39 is 0 Å². The Morgan fingerprint density at radius 2 is 1.60 bits per heavy atom. The van der Waals surface area contributed by atoms with Crippen LogP contribution in [0.25, 0.3) is 5.52 Å². The molecule has 3 nitrogen and oxygen atoms in total. The number of fused-ring (bicyclic) bond motifs is 1. The molecule has 0 spiro atoms. The Morgan fingerprint density at radius 1 is 1.00 bits per heavy atom. The molecule has 2 aromatic rings. The monoisotopic (exact) mass is 203 g/mol. The normalized spacial score (nSPS) is 11.9. The van der Waals surface area contributed by atoms with Crippen molar-refractivity contribution in [2.75, 3.05) is 0 Å². The van der Waals surface area contributed by atoms with Gasteiger partial charge in [-0.2, -0.15) is 5.10 Å². The second kappa shape index (κ2) is 3.65. The molecule has 0 N–H and O–H groups in total. The molecule has 0 unspecified atom stereocenters. The Hall–Kier alpha value is -1.38. The van der Waals surface area contributed by atoms with Gasteiger partial charge in [-0.05, 0) is 24.0 Å². The minimum absolute atomic E-state index is 0.465. The third kappa shape index (κ3) is 1.87. The van der Waals surface area contributed by atoms with Gasteiger partial charge >= 0.3 is 0 Å². The number of hydrogen-bond donors (Lipinski definition) is 0. The average Bonchev–Trinajstić information content (AvgIpc) is 2.59. The molecule has 0 aliphatic rings. The molecule has 0 aromatic carbocycles. The van der Waals surface area contributed by atoms with E-state index in [0.717, 1.165) is 16.9 Å². The van der Waals surface area contributed by atoms with Crippen LogP contribution < -0.4 is 0 Å². The third-order valence-corrected chi connectivity index (χ3v) is 2.58. The zero-order valence-electron chi connectivity index (χ0n) is 9.73. The zero-order valence-corrected chi connectivity index (χ0v) is 9.73. The van der Waals surface area contributed by atoms with Crippen LogP contribution in [0.3, 0.4) is 0 Å². The fourth-order valence-corrected chi connectivity index (χ4v) is 1.54. The summed E-state index contributed by atoms with van der Waals surface area (Å²) in [6.45, 7) is 8.61. The molecule has 15 heavy (non-hydrogen) atoms. The minimum Gasteiger partial charge on any atom is -0.241 e. The standard InChI is InChI=1S/C12H17N3/c1-8(2)11-5-10-6-12(9(3)4)14-15(10)7-13-11/h5-9H,1-4H3. The second-order valence-corrected chi connectivity index (χ2v) is 4.56. The Kier molecular flexibility index (Phi) is 2.47. The summed E-state index contributed by atoms with van der Waals surface area (Å²) < 4.78 is 1.85. The Balaban J connectivity index is 2.52. The van der Waals surface area contributed by atoms with Crippen LogP contribution in [0.4, 0.5) is 0 Å². The van der Waals surface area contributed by atoms with E-state index in [1.165, 1.54) is 0 Å². The fraction of sp³-hybridized carbons (Fsp3) is 0.500. The van der Waals surface area contributed by atoms with Crippen molar-refractivity contribution in [3.8, 4) is 0 Å². The Morgan fingerprint density at radius 3 is 2.20 bits per heavy atom. The van der Waals surface area contributed by atoms with Crippen LogP contribution in [0.2, 0.25) is 0 Å². The molecule has 0 radical (unpaired) electrons. The van der Waals surface area contributed by atoms with Crippen LogP contribution in [0.1, 0.15) is 50.9 Å². The summed E-state index contributed by atoms with van der Waals surface area (Å²) in [6, 6.07) is 4.25. The van der Waals surface area contributed by atoms with E-state index in [0.29, 0.717) is 11.8 Å². The van der Waals surface area contributed by atoms with Gasteiger partial charge in [-0.15, -0.1) is 0 Å². The lowest BCUT2D eigenvalue weighted by Gasteiger charge is -2.02. The summed E-state index contributed by atoms with van der Waals surface area (Å²) in [5.74, 6) is 0.930. The average molecular weight is 203 g/mol. The maximum Gasteiger partial charge on any atom is 0.117 e. The fourth-order valence-electron chi connectivity index (χ4n) is 1.54. The first-order chi connectivity index (χ1) is 7.08. The van der Waals surface area contributed by atoms with Gasteiger partial charge in [0.05, 0.1) is 11.2 Å². The predicted molar refractivity (Wildman–Crippen MR) is 61.2 cm³/mol. The van der Waals surface area contributed by atoms with Gasteiger partial charge < -0.3 is 0 Å². The van der Waals surface area contributed by atoms with Gasteiger partial charge in [0.15, 0.2) is 0 Å². The van der Waals surface area contributed by atoms with Crippen molar-refractivity contribution in [2.45, 2.75) is 39.5 Å². The summed E-state index contributed by atoms with van der Waals surface area (Å²) in [5, 5.41) is 4.47. The summed E-state index contributed by atoms with van der Waals surface area (Å²) in [4.78, 5) is 4.38. The first-order valence-electron chi connectivity index (χ1n) is 5.43. The van der Waals surface area contributed by atoms with Crippen LogP contribution in [0.15, 0.2) is 18.5 Å². The molecule has 3 heteroatoms. The molecule has 80 valence electrons. The van der Waals surface area contributed by atoms with E-state index in [-0.39, 0.29) is 0 Å². The highest BCUT2D eigenvalue weighted by Gasteiger charge is 2.07. The number of nitrogens with zero attached hydrogens (tertiary/aromatic N) is 3. The van der Waals surface area contributed by atoms with Gasteiger partial charge in [0.1, 0.15) is 6.33 Å². The highest BCUT2D eigenvalue weighted by Crippen LogP contribution is 2.18. The highest BCUT2D eigenvalue weighted by atomic mass is 15.2. The third-order valence-electron chi connectivity index (χ3n) is 2.58. The van der Waals surface area contributed by atoms with E-state index in [1.807, 2.05) is 4.52 Å². The molecule has 2 aromatic heterocycles.